The van der Waals surface area contributed by atoms with E-state index in [2.05, 4.69) is 33.0 Å². The molecule has 0 bridgehead atoms. The summed E-state index contributed by atoms with van der Waals surface area (Å²) in [4.78, 5) is 40.2. The highest BCUT2D eigenvalue weighted by Crippen LogP contribution is 2.54. The number of allylic oxidation sites excluding steroid dienone is 4. The second-order valence-electron chi connectivity index (χ2n) is 12.9. The van der Waals surface area contributed by atoms with Crippen molar-refractivity contribution in [1.82, 2.24) is 0 Å². The molecule has 6 nitrogen and oxygen atoms in total. The van der Waals surface area contributed by atoms with Gasteiger partial charge in [-0.3, -0.25) is 14.4 Å². The summed E-state index contributed by atoms with van der Waals surface area (Å²) < 4.78 is 12.5. The predicted molar refractivity (Wildman–Crippen MR) is 155 cm³/mol. The standard InChI is InChI=1S/C33H36ClNO5/c1-18-8-7-9-22(19(18)2)35-28(38)17-39-25-11-10-20(34)12-21(25)29-30-23(36)13-32(3,4)15-26(30)40-27-16-33(5,6)14-24(37)31(27)29/h7-12,29H,13-17H2,1-6H3,(H,35,38). The Labute approximate surface area is 240 Å². The number of ether oxygens (including phenoxy) is 2. The van der Waals surface area contributed by atoms with Gasteiger partial charge < -0.3 is 14.8 Å². The molecule has 0 atom stereocenters. The number of anilines is 1. The number of benzene rings is 2. The van der Waals surface area contributed by atoms with Crippen molar-refractivity contribution in [2.45, 2.75) is 73.1 Å². The highest BCUT2D eigenvalue weighted by molar-refractivity contribution is 6.30. The van der Waals surface area contributed by atoms with E-state index in [1.807, 2.05) is 32.0 Å². The summed E-state index contributed by atoms with van der Waals surface area (Å²) in [7, 11) is 0. The molecule has 1 aliphatic heterocycles. The van der Waals surface area contributed by atoms with E-state index < -0.39 is 5.92 Å². The van der Waals surface area contributed by atoms with Crippen LogP contribution in [0.4, 0.5) is 5.69 Å². The Morgan fingerprint density at radius 3 is 2.15 bits per heavy atom. The molecule has 1 amide bonds. The third-order valence-electron chi connectivity index (χ3n) is 8.10. The number of ketones is 2. The third kappa shape index (κ3) is 5.46. The van der Waals surface area contributed by atoms with Gasteiger partial charge in [0.2, 0.25) is 0 Å². The minimum Gasteiger partial charge on any atom is -0.483 e. The van der Waals surface area contributed by atoms with Gasteiger partial charge in [0, 0.05) is 53.1 Å². The Morgan fingerprint density at radius 2 is 1.55 bits per heavy atom. The summed E-state index contributed by atoms with van der Waals surface area (Å²) >= 11 is 6.48. The second-order valence-corrected chi connectivity index (χ2v) is 13.3. The lowest BCUT2D eigenvalue weighted by Crippen LogP contribution is -2.37. The van der Waals surface area contributed by atoms with Crippen LogP contribution in [0.5, 0.6) is 5.75 Å². The van der Waals surface area contributed by atoms with Gasteiger partial charge in [-0.15, -0.1) is 0 Å². The van der Waals surface area contributed by atoms with Gasteiger partial charge in [0.15, 0.2) is 18.2 Å². The SMILES string of the molecule is Cc1cccc(NC(=O)COc2ccc(Cl)cc2C2C3=C(CC(C)(C)CC3=O)OC3=C2C(=O)CC(C)(C)C3)c1C. The van der Waals surface area contributed by atoms with Crippen molar-refractivity contribution < 1.29 is 23.9 Å². The number of carbonyl (C=O) groups is 3. The minimum atomic E-state index is -0.665. The fourth-order valence-electron chi connectivity index (χ4n) is 6.08. The smallest absolute Gasteiger partial charge is 0.262 e. The van der Waals surface area contributed by atoms with Gasteiger partial charge in [-0.05, 0) is 60.1 Å². The van der Waals surface area contributed by atoms with E-state index in [1.165, 1.54) is 0 Å². The number of rotatable bonds is 5. The van der Waals surface area contributed by atoms with E-state index in [-0.39, 0.29) is 34.9 Å². The van der Waals surface area contributed by atoms with Crippen LogP contribution in [0.15, 0.2) is 59.1 Å². The zero-order chi connectivity index (χ0) is 29.0. The van der Waals surface area contributed by atoms with Crippen LogP contribution in [0.2, 0.25) is 5.02 Å². The van der Waals surface area contributed by atoms with E-state index in [1.54, 1.807) is 18.2 Å². The van der Waals surface area contributed by atoms with Crippen molar-refractivity contribution >= 4 is 34.8 Å². The molecule has 0 aromatic heterocycles. The molecule has 40 heavy (non-hydrogen) atoms. The molecule has 2 aromatic carbocycles. The molecule has 1 N–H and O–H groups in total. The topological polar surface area (TPSA) is 81.7 Å². The highest BCUT2D eigenvalue weighted by Gasteiger charge is 2.48. The lowest BCUT2D eigenvalue weighted by atomic mass is 9.65. The Morgan fingerprint density at radius 1 is 0.950 bits per heavy atom. The first kappa shape index (κ1) is 28.2. The molecular weight excluding hydrogens is 526 g/mol. The number of halogens is 1. The van der Waals surface area contributed by atoms with Gasteiger partial charge in [0.05, 0.1) is 5.92 Å². The fourth-order valence-corrected chi connectivity index (χ4v) is 6.26. The second kappa shape index (κ2) is 10.2. The minimum absolute atomic E-state index is 0.0426. The van der Waals surface area contributed by atoms with E-state index in [9.17, 15) is 14.4 Å². The maximum atomic E-state index is 13.7. The summed E-state index contributed by atoms with van der Waals surface area (Å²) in [5, 5.41) is 3.37. The Hall–Kier alpha value is -3.38. The zero-order valence-electron chi connectivity index (χ0n) is 24.0. The third-order valence-corrected chi connectivity index (χ3v) is 8.34. The van der Waals surface area contributed by atoms with Crippen LogP contribution >= 0.6 is 11.6 Å². The van der Waals surface area contributed by atoms with Crippen molar-refractivity contribution in [1.29, 1.82) is 0 Å². The molecule has 2 aliphatic carbocycles. The first-order valence-electron chi connectivity index (χ1n) is 13.7. The van der Waals surface area contributed by atoms with Crippen LogP contribution in [0.1, 0.15) is 76.0 Å². The van der Waals surface area contributed by atoms with Gasteiger partial charge in [-0.1, -0.05) is 51.4 Å². The van der Waals surface area contributed by atoms with Crippen LogP contribution in [-0.2, 0) is 19.1 Å². The molecule has 7 heteroatoms. The van der Waals surface area contributed by atoms with Gasteiger partial charge in [-0.2, -0.15) is 0 Å². The first-order valence-corrected chi connectivity index (χ1v) is 14.1. The van der Waals surface area contributed by atoms with Crippen LogP contribution in [0.3, 0.4) is 0 Å². The molecule has 1 heterocycles. The van der Waals surface area contributed by atoms with Crippen molar-refractivity contribution in [3.8, 4) is 5.75 Å². The van der Waals surface area contributed by atoms with Gasteiger partial charge in [0.1, 0.15) is 17.3 Å². The Balaban J connectivity index is 1.54. The van der Waals surface area contributed by atoms with Crippen molar-refractivity contribution in [2.24, 2.45) is 10.8 Å². The normalized spacial score (nSPS) is 20.1. The largest absolute Gasteiger partial charge is 0.483 e. The van der Waals surface area contributed by atoms with Crippen LogP contribution in [-0.4, -0.2) is 24.1 Å². The lowest BCUT2D eigenvalue weighted by Gasteiger charge is -2.43. The van der Waals surface area contributed by atoms with E-state index in [0.29, 0.717) is 64.7 Å². The number of hydrogen-bond acceptors (Lipinski definition) is 5. The zero-order valence-corrected chi connectivity index (χ0v) is 24.8. The summed E-state index contributed by atoms with van der Waals surface area (Å²) in [6.45, 7) is 11.9. The van der Waals surface area contributed by atoms with Crippen LogP contribution in [0.25, 0.3) is 0 Å². The van der Waals surface area contributed by atoms with E-state index in [4.69, 9.17) is 21.1 Å². The molecule has 0 fully saturated rings. The average Bonchev–Trinajstić information content (AvgIpc) is 2.83. The maximum absolute atomic E-state index is 13.7. The summed E-state index contributed by atoms with van der Waals surface area (Å²) in [5.41, 5.74) is 3.87. The molecule has 0 saturated heterocycles. The molecule has 0 spiro atoms. The highest BCUT2D eigenvalue weighted by atomic mass is 35.5. The number of nitrogens with one attached hydrogen (secondary N) is 1. The quantitative estimate of drug-likeness (QED) is 0.412. The molecule has 3 aliphatic rings. The number of amides is 1. The van der Waals surface area contributed by atoms with Crippen molar-refractivity contribution in [3.05, 3.63) is 80.8 Å². The monoisotopic (exact) mass is 561 g/mol. The van der Waals surface area contributed by atoms with Crippen molar-refractivity contribution in [2.75, 3.05) is 11.9 Å². The number of hydrogen-bond donors (Lipinski definition) is 1. The number of Topliss-reactive ketones (excluding diaryl/α,β-unsaturated/α-hetero) is 2. The molecule has 0 saturated carbocycles. The van der Waals surface area contributed by atoms with Crippen LogP contribution in [0, 0.1) is 24.7 Å². The van der Waals surface area contributed by atoms with Gasteiger partial charge in [-0.25, -0.2) is 0 Å². The first-order chi connectivity index (χ1) is 18.7. The van der Waals surface area contributed by atoms with E-state index in [0.717, 1.165) is 16.8 Å². The fraction of sp³-hybridized carbons (Fsp3) is 0.424. The summed E-state index contributed by atoms with van der Waals surface area (Å²) in [6.07, 6.45) is 1.88. The molecule has 0 unspecified atom stereocenters. The van der Waals surface area contributed by atoms with Crippen molar-refractivity contribution in [3.63, 3.8) is 0 Å². The Bertz CT molecular complexity index is 1440. The molecule has 2 aromatic rings. The summed E-state index contributed by atoms with van der Waals surface area (Å²) in [6, 6.07) is 10.9. The molecule has 5 rings (SSSR count). The molecular formula is C33H36ClNO5. The average molecular weight is 562 g/mol. The number of aryl methyl sites for hydroxylation is 1. The predicted octanol–water partition coefficient (Wildman–Crippen LogP) is 7.37. The van der Waals surface area contributed by atoms with Gasteiger partial charge in [0.25, 0.3) is 5.91 Å². The number of carbonyl (C=O) groups excluding carboxylic acids is 3. The maximum Gasteiger partial charge on any atom is 0.262 e. The van der Waals surface area contributed by atoms with Gasteiger partial charge >= 0.3 is 0 Å². The summed E-state index contributed by atoms with van der Waals surface area (Å²) in [5.74, 6) is 0.580. The van der Waals surface area contributed by atoms with Crippen LogP contribution < -0.4 is 10.1 Å². The Kier molecular flexibility index (Phi) is 7.20. The lowest BCUT2D eigenvalue weighted by molar-refractivity contribution is -0.121. The van der Waals surface area contributed by atoms with E-state index >= 15 is 0 Å². The molecule has 210 valence electrons. The molecule has 0 radical (unpaired) electrons.